The van der Waals surface area contributed by atoms with Crippen molar-refractivity contribution in [2.45, 2.75) is 19.4 Å². The molecular weight excluding hydrogens is 206 g/mol. The van der Waals surface area contributed by atoms with Crippen molar-refractivity contribution < 1.29 is 9.53 Å². The number of nitrogens with zero attached hydrogens (tertiary/aromatic N) is 2. The molecule has 1 unspecified atom stereocenters. The van der Waals surface area contributed by atoms with E-state index >= 15 is 0 Å². The maximum atomic E-state index is 11.8. The molecular formula is C11H17N3O2. The summed E-state index contributed by atoms with van der Waals surface area (Å²) in [6.45, 7) is 2.04. The summed E-state index contributed by atoms with van der Waals surface area (Å²) in [6, 6.07) is 0. The zero-order valence-corrected chi connectivity index (χ0v) is 9.48. The second-order valence-corrected chi connectivity index (χ2v) is 4.05. The molecule has 0 saturated heterocycles. The molecule has 1 aliphatic rings. The van der Waals surface area contributed by atoms with Crippen LogP contribution in [-0.2, 0) is 22.5 Å². The van der Waals surface area contributed by atoms with Crippen molar-refractivity contribution in [1.82, 2.24) is 14.9 Å². The molecule has 88 valence electrons. The van der Waals surface area contributed by atoms with Gasteiger partial charge in [-0.05, 0) is 6.42 Å². The number of aryl methyl sites for hydroxylation is 1. The molecule has 0 spiro atoms. The van der Waals surface area contributed by atoms with Crippen LogP contribution in [0.3, 0.4) is 0 Å². The van der Waals surface area contributed by atoms with Crippen LogP contribution in [0.15, 0.2) is 12.5 Å². The Morgan fingerprint density at radius 1 is 1.75 bits per heavy atom. The minimum Gasteiger partial charge on any atom is -0.383 e. The zero-order chi connectivity index (χ0) is 11.4. The summed E-state index contributed by atoms with van der Waals surface area (Å²) < 4.78 is 7.00. The highest BCUT2D eigenvalue weighted by Gasteiger charge is 2.24. The van der Waals surface area contributed by atoms with Gasteiger partial charge in [-0.3, -0.25) is 4.79 Å². The molecule has 2 heterocycles. The smallest absolute Gasteiger partial charge is 0.223 e. The van der Waals surface area contributed by atoms with Gasteiger partial charge >= 0.3 is 0 Å². The van der Waals surface area contributed by atoms with Crippen LogP contribution < -0.4 is 5.32 Å². The molecule has 1 amide bonds. The molecule has 1 aromatic heterocycles. The Kier molecular flexibility index (Phi) is 3.56. The fourth-order valence-corrected chi connectivity index (χ4v) is 2.01. The van der Waals surface area contributed by atoms with Gasteiger partial charge in [0, 0.05) is 44.4 Å². The normalized spacial score (nSPS) is 19.2. The summed E-state index contributed by atoms with van der Waals surface area (Å²) in [7, 11) is 1.63. The number of aromatic nitrogens is 2. The first kappa shape index (κ1) is 11.1. The Bertz CT molecular complexity index is 362. The van der Waals surface area contributed by atoms with Crippen molar-refractivity contribution in [3.63, 3.8) is 0 Å². The number of nitrogens with one attached hydrogen (secondary N) is 1. The van der Waals surface area contributed by atoms with Crippen LogP contribution in [0, 0.1) is 5.92 Å². The number of carbonyl (C=O) groups excluding carboxylic acids is 1. The third-order valence-corrected chi connectivity index (χ3v) is 2.95. The standard InChI is InChI=1S/C11H17N3O2/c1-16-5-3-13-11(15)9-2-4-14-8-12-7-10(14)6-9/h7-9H,2-6H2,1H3,(H,13,15). The molecule has 0 saturated carbocycles. The first-order valence-corrected chi connectivity index (χ1v) is 5.57. The number of amides is 1. The van der Waals surface area contributed by atoms with Gasteiger partial charge in [0.1, 0.15) is 0 Å². The fourth-order valence-electron chi connectivity index (χ4n) is 2.01. The third kappa shape index (κ3) is 2.41. The van der Waals surface area contributed by atoms with Crippen LogP contribution in [0.25, 0.3) is 0 Å². The van der Waals surface area contributed by atoms with Gasteiger partial charge in [0.05, 0.1) is 12.9 Å². The highest BCUT2D eigenvalue weighted by Crippen LogP contribution is 2.19. The lowest BCUT2D eigenvalue weighted by Gasteiger charge is -2.22. The topological polar surface area (TPSA) is 56.1 Å². The van der Waals surface area contributed by atoms with Crippen molar-refractivity contribution >= 4 is 5.91 Å². The van der Waals surface area contributed by atoms with E-state index in [-0.39, 0.29) is 11.8 Å². The zero-order valence-electron chi connectivity index (χ0n) is 9.48. The lowest BCUT2D eigenvalue weighted by molar-refractivity contribution is -0.125. The van der Waals surface area contributed by atoms with Gasteiger partial charge in [-0.15, -0.1) is 0 Å². The van der Waals surface area contributed by atoms with E-state index in [4.69, 9.17) is 4.74 Å². The summed E-state index contributed by atoms with van der Waals surface area (Å²) in [5, 5.41) is 2.88. The van der Waals surface area contributed by atoms with Gasteiger partial charge in [-0.2, -0.15) is 0 Å². The highest BCUT2D eigenvalue weighted by molar-refractivity contribution is 5.79. The molecule has 5 nitrogen and oxygen atoms in total. The third-order valence-electron chi connectivity index (χ3n) is 2.95. The molecule has 0 bridgehead atoms. The first-order chi connectivity index (χ1) is 7.81. The molecule has 5 heteroatoms. The first-order valence-electron chi connectivity index (χ1n) is 5.57. The number of imidazole rings is 1. The van der Waals surface area contributed by atoms with Gasteiger partial charge in [0.2, 0.25) is 5.91 Å². The van der Waals surface area contributed by atoms with Crippen molar-refractivity contribution in [3.05, 3.63) is 18.2 Å². The Balaban J connectivity index is 1.86. The number of rotatable bonds is 4. The monoisotopic (exact) mass is 223 g/mol. The van der Waals surface area contributed by atoms with E-state index in [2.05, 4.69) is 14.9 Å². The van der Waals surface area contributed by atoms with E-state index < -0.39 is 0 Å². The largest absolute Gasteiger partial charge is 0.383 e. The molecule has 1 N–H and O–H groups in total. The van der Waals surface area contributed by atoms with E-state index in [1.54, 1.807) is 7.11 Å². The van der Waals surface area contributed by atoms with Crippen molar-refractivity contribution in [2.24, 2.45) is 5.92 Å². The highest BCUT2D eigenvalue weighted by atomic mass is 16.5. The minimum atomic E-state index is 0.0843. The van der Waals surface area contributed by atoms with Crippen LogP contribution >= 0.6 is 0 Å². The van der Waals surface area contributed by atoms with E-state index in [1.807, 2.05) is 12.5 Å². The average Bonchev–Trinajstić information content (AvgIpc) is 2.76. The van der Waals surface area contributed by atoms with Crippen LogP contribution in [-0.4, -0.2) is 35.7 Å². The van der Waals surface area contributed by atoms with Crippen molar-refractivity contribution in [3.8, 4) is 0 Å². The Labute approximate surface area is 94.8 Å². The summed E-state index contributed by atoms with van der Waals surface area (Å²) >= 11 is 0. The summed E-state index contributed by atoms with van der Waals surface area (Å²) in [4.78, 5) is 15.9. The second kappa shape index (κ2) is 5.12. The SMILES string of the molecule is COCCNC(=O)C1CCn2cncc2C1. The van der Waals surface area contributed by atoms with Crippen molar-refractivity contribution in [2.75, 3.05) is 20.3 Å². The van der Waals surface area contributed by atoms with Crippen molar-refractivity contribution in [1.29, 1.82) is 0 Å². The second-order valence-electron chi connectivity index (χ2n) is 4.05. The fraction of sp³-hybridized carbons (Fsp3) is 0.636. The molecule has 0 radical (unpaired) electrons. The van der Waals surface area contributed by atoms with Gasteiger partial charge < -0.3 is 14.6 Å². The molecule has 1 aromatic rings. The number of methoxy groups -OCH3 is 1. The summed E-state index contributed by atoms with van der Waals surface area (Å²) in [5.41, 5.74) is 1.15. The molecule has 0 aromatic carbocycles. The molecule has 0 fully saturated rings. The molecule has 1 aliphatic heterocycles. The molecule has 0 aliphatic carbocycles. The van der Waals surface area contributed by atoms with Crippen LogP contribution in [0.2, 0.25) is 0 Å². The minimum absolute atomic E-state index is 0.0843. The number of hydrogen-bond acceptors (Lipinski definition) is 3. The van der Waals surface area contributed by atoms with Gasteiger partial charge in [-0.1, -0.05) is 0 Å². The summed E-state index contributed by atoms with van der Waals surface area (Å²) in [6.07, 6.45) is 5.35. The molecule has 2 rings (SSSR count). The van der Waals surface area contributed by atoms with Crippen LogP contribution in [0.4, 0.5) is 0 Å². The van der Waals surface area contributed by atoms with E-state index in [0.29, 0.717) is 13.2 Å². The average molecular weight is 223 g/mol. The number of ether oxygens (including phenoxy) is 1. The van der Waals surface area contributed by atoms with E-state index in [1.165, 1.54) is 0 Å². The summed E-state index contributed by atoms with van der Waals surface area (Å²) in [5.74, 6) is 0.213. The predicted molar refractivity (Wildman–Crippen MR) is 58.9 cm³/mol. The molecule has 1 atom stereocenters. The Morgan fingerprint density at radius 3 is 3.44 bits per heavy atom. The van der Waals surface area contributed by atoms with Gasteiger partial charge in [-0.25, -0.2) is 4.98 Å². The molecule has 16 heavy (non-hydrogen) atoms. The lowest BCUT2D eigenvalue weighted by atomic mass is 9.95. The van der Waals surface area contributed by atoms with Crippen LogP contribution in [0.1, 0.15) is 12.1 Å². The Hall–Kier alpha value is -1.36. The lowest BCUT2D eigenvalue weighted by Crippen LogP contribution is -2.36. The predicted octanol–water partition coefficient (Wildman–Crippen LogP) is 0.208. The van der Waals surface area contributed by atoms with Gasteiger partial charge in [0.15, 0.2) is 0 Å². The van der Waals surface area contributed by atoms with E-state index in [9.17, 15) is 4.79 Å². The number of fused-ring (bicyclic) bond motifs is 1. The Morgan fingerprint density at radius 2 is 2.62 bits per heavy atom. The van der Waals surface area contributed by atoms with E-state index in [0.717, 1.165) is 25.1 Å². The number of carbonyl (C=O) groups is 1. The quantitative estimate of drug-likeness (QED) is 0.742. The number of hydrogen-bond donors (Lipinski definition) is 1. The van der Waals surface area contributed by atoms with Gasteiger partial charge in [0.25, 0.3) is 0 Å². The van der Waals surface area contributed by atoms with Crippen LogP contribution in [0.5, 0.6) is 0 Å². The maximum absolute atomic E-state index is 11.8. The maximum Gasteiger partial charge on any atom is 0.223 e.